The van der Waals surface area contributed by atoms with E-state index < -0.39 is 10.2 Å². The molecule has 112 valence electrons. The van der Waals surface area contributed by atoms with Gasteiger partial charge < -0.3 is 5.11 Å². The first kappa shape index (κ1) is 15.2. The van der Waals surface area contributed by atoms with Gasteiger partial charge in [-0.25, -0.2) is 0 Å². The molecule has 0 amide bonds. The summed E-state index contributed by atoms with van der Waals surface area (Å²) in [5, 5.41) is 9.19. The van der Waals surface area contributed by atoms with Gasteiger partial charge in [0.25, 0.3) is 10.2 Å². The Morgan fingerprint density at radius 3 is 2.32 bits per heavy atom. The maximum Gasteiger partial charge on any atom is 0.279 e. The van der Waals surface area contributed by atoms with Crippen LogP contribution < -0.4 is 4.72 Å². The number of rotatable bonds is 4. The van der Waals surface area contributed by atoms with Crippen LogP contribution in [0, 0.1) is 16.7 Å². The van der Waals surface area contributed by atoms with Gasteiger partial charge in [-0.1, -0.05) is 27.7 Å². The largest absolute Gasteiger partial charge is 0.396 e. The van der Waals surface area contributed by atoms with Crippen molar-refractivity contribution in [3.8, 4) is 0 Å². The van der Waals surface area contributed by atoms with Crippen LogP contribution >= 0.6 is 0 Å². The predicted molar refractivity (Wildman–Crippen MR) is 74.8 cm³/mol. The summed E-state index contributed by atoms with van der Waals surface area (Å²) in [6.45, 7) is 9.41. The Morgan fingerprint density at radius 2 is 1.84 bits per heavy atom. The number of aliphatic hydroxyl groups is 1. The van der Waals surface area contributed by atoms with E-state index in [4.69, 9.17) is 0 Å². The molecular formula is C13H26N2O3S. The second-order valence-electron chi connectivity index (χ2n) is 7.05. The van der Waals surface area contributed by atoms with Crippen LogP contribution in [0.3, 0.4) is 0 Å². The van der Waals surface area contributed by atoms with Crippen LogP contribution in [-0.4, -0.2) is 43.6 Å². The number of nitrogens with zero attached hydrogens (tertiary/aromatic N) is 1. The van der Waals surface area contributed by atoms with E-state index in [1.54, 1.807) is 0 Å². The third-order valence-corrected chi connectivity index (χ3v) is 6.91. The van der Waals surface area contributed by atoms with Gasteiger partial charge in [0.2, 0.25) is 0 Å². The highest BCUT2D eigenvalue weighted by atomic mass is 32.2. The third kappa shape index (κ3) is 2.55. The minimum absolute atomic E-state index is 0.00770. The van der Waals surface area contributed by atoms with E-state index in [-0.39, 0.29) is 29.4 Å². The fourth-order valence-corrected chi connectivity index (χ4v) is 4.92. The lowest BCUT2D eigenvalue weighted by atomic mass is 10.0. The second kappa shape index (κ2) is 4.69. The molecule has 2 rings (SSSR count). The van der Waals surface area contributed by atoms with Crippen molar-refractivity contribution in [1.29, 1.82) is 0 Å². The average Bonchev–Trinajstić information content (AvgIpc) is 2.71. The summed E-state index contributed by atoms with van der Waals surface area (Å²) in [6, 6.07) is -0.0143. The first-order valence-corrected chi connectivity index (χ1v) is 8.45. The lowest BCUT2D eigenvalue weighted by Crippen LogP contribution is -2.48. The SMILES string of the molecule is CC1(C)C(NS(=O)(=O)N2CCCC(CO)C2)C1(C)C. The minimum Gasteiger partial charge on any atom is -0.396 e. The quantitative estimate of drug-likeness (QED) is 0.810. The average molecular weight is 290 g/mol. The molecule has 19 heavy (non-hydrogen) atoms. The lowest BCUT2D eigenvalue weighted by Gasteiger charge is -2.31. The van der Waals surface area contributed by atoms with Gasteiger partial charge in [-0.3, -0.25) is 0 Å². The van der Waals surface area contributed by atoms with Crippen molar-refractivity contribution in [2.24, 2.45) is 16.7 Å². The number of nitrogens with one attached hydrogen (secondary N) is 1. The van der Waals surface area contributed by atoms with Crippen LogP contribution in [0.15, 0.2) is 0 Å². The Hall–Kier alpha value is -0.170. The summed E-state index contributed by atoms with van der Waals surface area (Å²) >= 11 is 0. The summed E-state index contributed by atoms with van der Waals surface area (Å²) in [4.78, 5) is 0. The van der Waals surface area contributed by atoms with Crippen molar-refractivity contribution in [1.82, 2.24) is 9.03 Å². The summed E-state index contributed by atoms with van der Waals surface area (Å²) in [5.41, 5.74) is -0.0154. The van der Waals surface area contributed by atoms with E-state index in [0.29, 0.717) is 13.1 Å². The van der Waals surface area contributed by atoms with Crippen molar-refractivity contribution in [2.75, 3.05) is 19.7 Å². The summed E-state index contributed by atoms with van der Waals surface area (Å²) in [7, 11) is -3.43. The molecule has 0 aromatic rings. The minimum atomic E-state index is -3.43. The third-order valence-electron chi connectivity index (χ3n) is 5.37. The highest BCUT2D eigenvalue weighted by molar-refractivity contribution is 7.87. The van der Waals surface area contributed by atoms with Crippen molar-refractivity contribution < 1.29 is 13.5 Å². The Labute approximate surface area is 116 Å². The molecule has 2 N–H and O–H groups in total. The molecule has 0 spiro atoms. The molecule has 1 heterocycles. The van der Waals surface area contributed by atoms with Gasteiger partial charge in [0.1, 0.15) is 0 Å². The molecule has 1 aliphatic heterocycles. The van der Waals surface area contributed by atoms with E-state index in [1.807, 2.05) is 0 Å². The second-order valence-corrected chi connectivity index (χ2v) is 8.75. The van der Waals surface area contributed by atoms with Gasteiger partial charge in [0.15, 0.2) is 0 Å². The molecule has 0 bridgehead atoms. The van der Waals surface area contributed by atoms with Crippen LogP contribution in [0.2, 0.25) is 0 Å². The highest BCUT2D eigenvalue weighted by Gasteiger charge is 2.66. The van der Waals surface area contributed by atoms with Crippen LogP contribution in [0.5, 0.6) is 0 Å². The molecule has 1 unspecified atom stereocenters. The molecule has 1 aliphatic carbocycles. The van der Waals surface area contributed by atoms with Crippen LogP contribution in [0.4, 0.5) is 0 Å². The van der Waals surface area contributed by atoms with Gasteiger partial charge in [-0.2, -0.15) is 17.4 Å². The Bertz CT molecular complexity index is 431. The number of aliphatic hydroxyl groups excluding tert-OH is 1. The molecule has 1 atom stereocenters. The fraction of sp³-hybridized carbons (Fsp3) is 1.00. The molecule has 0 radical (unpaired) electrons. The molecular weight excluding hydrogens is 264 g/mol. The molecule has 2 fully saturated rings. The van der Waals surface area contributed by atoms with Gasteiger partial charge in [-0.05, 0) is 29.6 Å². The van der Waals surface area contributed by atoms with E-state index in [2.05, 4.69) is 32.4 Å². The zero-order valence-electron chi connectivity index (χ0n) is 12.3. The predicted octanol–water partition coefficient (Wildman–Crippen LogP) is 0.960. The van der Waals surface area contributed by atoms with E-state index in [1.165, 1.54) is 4.31 Å². The fourth-order valence-electron chi connectivity index (χ4n) is 3.11. The highest BCUT2D eigenvalue weighted by Crippen LogP contribution is 2.62. The number of hydrogen-bond donors (Lipinski definition) is 2. The molecule has 1 saturated heterocycles. The number of hydrogen-bond acceptors (Lipinski definition) is 3. The topological polar surface area (TPSA) is 69.6 Å². The monoisotopic (exact) mass is 290 g/mol. The molecule has 0 aromatic carbocycles. The van der Waals surface area contributed by atoms with E-state index in [0.717, 1.165) is 12.8 Å². The first-order valence-electron chi connectivity index (χ1n) is 7.01. The van der Waals surface area contributed by atoms with Gasteiger partial charge >= 0.3 is 0 Å². The Kier molecular flexibility index (Phi) is 3.75. The molecule has 2 aliphatic rings. The van der Waals surface area contributed by atoms with Crippen molar-refractivity contribution in [3.63, 3.8) is 0 Å². The standard InChI is InChI=1S/C13H26N2O3S/c1-12(2)11(13(12,3)4)14-19(17,18)15-7-5-6-10(8-15)9-16/h10-11,14,16H,5-9H2,1-4H3. The lowest BCUT2D eigenvalue weighted by molar-refractivity contribution is 0.164. The zero-order valence-corrected chi connectivity index (χ0v) is 13.1. The zero-order chi connectivity index (χ0) is 14.5. The van der Waals surface area contributed by atoms with E-state index >= 15 is 0 Å². The summed E-state index contributed by atoms with van der Waals surface area (Å²) in [5.74, 6) is 0.0746. The summed E-state index contributed by atoms with van der Waals surface area (Å²) in [6.07, 6.45) is 1.73. The normalized spacial score (nSPS) is 31.3. The van der Waals surface area contributed by atoms with E-state index in [9.17, 15) is 13.5 Å². The van der Waals surface area contributed by atoms with Crippen LogP contribution in [0.25, 0.3) is 0 Å². The van der Waals surface area contributed by atoms with Gasteiger partial charge in [0.05, 0.1) is 0 Å². The smallest absolute Gasteiger partial charge is 0.279 e. The van der Waals surface area contributed by atoms with Crippen LogP contribution in [-0.2, 0) is 10.2 Å². The maximum atomic E-state index is 12.4. The van der Waals surface area contributed by atoms with Crippen LogP contribution in [0.1, 0.15) is 40.5 Å². The molecule has 1 saturated carbocycles. The van der Waals surface area contributed by atoms with Crippen molar-refractivity contribution in [2.45, 2.75) is 46.6 Å². The Balaban J connectivity index is 2.04. The van der Waals surface area contributed by atoms with Gasteiger partial charge in [-0.15, -0.1) is 0 Å². The van der Waals surface area contributed by atoms with Crippen molar-refractivity contribution in [3.05, 3.63) is 0 Å². The Morgan fingerprint density at radius 1 is 1.26 bits per heavy atom. The summed E-state index contributed by atoms with van der Waals surface area (Å²) < 4.78 is 29.1. The molecule has 5 nitrogen and oxygen atoms in total. The van der Waals surface area contributed by atoms with Crippen molar-refractivity contribution >= 4 is 10.2 Å². The number of piperidine rings is 1. The van der Waals surface area contributed by atoms with Gasteiger partial charge in [0, 0.05) is 25.7 Å². The maximum absolute atomic E-state index is 12.4. The molecule has 0 aromatic heterocycles. The molecule has 6 heteroatoms. The first-order chi connectivity index (χ1) is 8.63.